The van der Waals surface area contributed by atoms with Crippen molar-refractivity contribution in [3.05, 3.63) is 12.2 Å². The summed E-state index contributed by atoms with van der Waals surface area (Å²) in [5.74, 6) is -0.832. The molecule has 2 atom stereocenters. The molecule has 0 saturated carbocycles. The van der Waals surface area contributed by atoms with Gasteiger partial charge in [0.25, 0.3) is 0 Å². The van der Waals surface area contributed by atoms with E-state index >= 15 is 0 Å². The molecule has 2 unspecified atom stereocenters. The van der Waals surface area contributed by atoms with Gasteiger partial charge in [0.1, 0.15) is 6.10 Å². The Balaban J connectivity index is 4.38. The first-order valence-corrected chi connectivity index (χ1v) is 7.09. The maximum atomic E-state index is 11.0. The summed E-state index contributed by atoms with van der Waals surface area (Å²) < 4.78 is 28.6. The van der Waals surface area contributed by atoms with Gasteiger partial charge in [-0.05, 0) is 12.5 Å². The van der Waals surface area contributed by atoms with Crippen molar-refractivity contribution >= 4 is 21.4 Å². The number of aliphatic hydroxyl groups is 1. The molecule has 0 aromatic heterocycles. The number of aliphatic hydroxyl groups excluding tert-OH is 1. The molecule has 0 aliphatic rings. The van der Waals surface area contributed by atoms with Gasteiger partial charge in [-0.3, -0.25) is 9.32 Å². The Morgan fingerprint density at radius 1 is 1.35 bits per heavy atom. The highest BCUT2D eigenvalue weighted by Gasteiger charge is 2.33. The number of carbonyl (C=O) groups excluding carboxylic acids is 1. The van der Waals surface area contributed by atoms with Gasteiger partial charge in [-0.1, -0.05) is 6.58 Å². The Bertz CT molecular complexity index is 396. The predicted molar refractivity (Wildman–Crippen MR) is 54.7 cm³/mol. The highest BCUT2D eigenvalue weighted by atomic mass is 31.3. The minimum absolute atomic E-state index is 0.00946. The molecule has 0 aromatic rings. The van der Waals surface area contributed by atoms with E-state index in [2.05, 4.69) is 15.4 Å². The molecule has 0 aliphatic carbocycles. The van der Waals surface area contributed by atoms with Crippen molar-refractivity contribution in [1.29, 1.82) is 0 Å². The van der Waals surface area contributed by atoms with Gasteiger partial charge in [-0.15, -0.1) is 0 Å². The second-order valence-corrected chi connectivity index (χ2v) is 5.83. The molecule has 0 amide bonds. The van der Waals surface area contributed by atoms with E-state index in [1.54, 1.807) is 0 Å². The van der Waals surface area contributed by atoms with Crippen LogP contribution in [-0.2, 0) is 22.8 Å². The SMILES string of the molecule is C=C(C)C(=O)C(O)COP(=O)(O)OP(=O)(O)O. The number of ketones is 1. The molecule has 4 N–H and O–H groups in total. The first-order chi connectivity index (χ1) is 7.44. The number of hydrogen-bond donors (Lipinski definition) is 4. The Kier molecular flexibility index (Phi) is 5.86. The predicted octanol–water partition coefficient (Wildman–Crippen LogP) is -0.281. The second-order valence-electron chi connectivity index (χ2n) is 3.00. The van der Waals surface area contributed by atoms with Crippen LogP contribution in [0.2, 0.25) is 0 Å². The number of Topliss-reactive ketones (excluding diaryl/α,β-unsaturated/α-hetero) is 1. The summed E-state index contributed by atoms with van der Waals surface area (Å²) in [6.07, 6.45) is -1.77. The molecule has 9 nitrogen and oxygen atoms in total. The maximum absolute atomic E-state index is 11.0. The Morgan fingerprint density at radius 2 is 1.82 bits per heavy atom. The Morgan fingerprint density at radius 3 is 2.18 bits per heavy atom. The van der Waals surface area contributed by atoms with Crippen molar-refractivity contribution in [2.45, 2.75) is 13.0 Å². The van der Waals surface area contributed by atoms with Crippen LogP contribution in [0.1, 0.15) is 6.92 Å². The lowest BCUT2D eigenvalue weighted by Crippen LogP contribution is -2.26. The van der Waals surface area contributed by atoms with Crippen LogP contribution in [0.5, 0.6) is 0 Å². The van der Waals surface area contributed by atoms with Gasteiger partial charge >= 0.3 is 15.6 Å². The van der Waals surface area contributed by atoms with Gasteiger partial charge in [-0.2, -0.15) is 4.31 Å². The van der Waals surface area contributed by atoms with Crippen LogP contribution in [-0.4, -0.2) is 38.3 Å². The highest BCUT2D eigenvalue weighted by Crippen LogP contribution is 2.57. The van der Waals surface area contributed by atoms with Crippen molar-refractivity contribution in [2.24, 2.45) is 0 Å². The number of rotatable bonds is 7. The molecular formula is C6H12O9P2. The molecule has 0 spiro atoms. The largest absolute Gasteiger partial charge is 0.481 e. The summed E-state index contributed by atoms with van der Waals surface area (Å²) in [6, 6.07) is 0. The number of phosphoric ester groups is 1. The van der Waals surface area contributed by atoms with E-state index in [4.69, 9.17) is 19.8 Å². The van der Waals surface area contributed by atoms with Crippen molar-refractivity contribution in [2.75, 3.05) is 6.61 Å². The van der Waals surface area contributed by atoms with Crippen LogP contribution in [0.15, 0.2) is 12.2 Å². The minimum atomic E-state index is -5.21. The molecule has 0 saturated heterocycles. The summed E-state index contributed by atoms with van der Waals surface area (Å²) in [7, 11) is -10.3. The first kappa shape index (κ1) is 16.6. The topological polar surface area (TPSA) is 151 Å². The maximum Gasteiger partial charge on any atom is 0.481 e. The summed E-state index contributed by atoms with van der Waals surface area (Å²) in [6.45, 7) is 3.57. The third-order valence-corrected chi connectivity index (χ3v) is 3.48. The van der Waals surface area contributed by atoms with Crippen LogP contribution < -0.4 is 0 Å². The van der Waals surface area contributed by atoms with Gasteiger partial charge in [0, 0.05) is 0 Å². The van der Waals surface area contributed by atoms with Gasteiger partial charge in [0.2, 0.25) is 0 Å². The monoisotopic (exact) mass is 290 g/mol. The van der Waals surface area contributed by atoms with Crippen LogP contribution in [0.25, 0.3) is 0 Å². The second kappa shape index (κ2) is 5.99. The molecule has 17 heavy (non-hydrogen) atoms. The summed E-state index contributed by atoms with van der Waals surface area (Å²) >= 11 is 0. The van der Waals surface area contributed by atoms with E-state index in [0.717, 1.165) is 0 Å². The molecule has 0 bridgehead atoms. The molecule has 0 aromatic carbocycles. The van der Waals surface area contributed by atoms with Crippen LogP contribution in [0.3, 0.4) is 0 Å². The number of hydrogen-bond acceptors (Lipinski definition) is 6. The van der Waals surface area contributed by atoms with Gasteiger partial charge < -0.3 is 19.8 Å². The third-order valence-electron chi connectivity index (χ3n) is 1.33. The van der Waals surface area contributed by atoms with E-state index in [1.807, 2.05) is 0 Å². The zero-order valence-electron chi connectivity index (χ0n) is 8.72. The number of phosphoric acid groups is 2. The van der Waals surface area contributed by atoms with Gasteiger partial charge in [-0.25, -0.2) is 9.13 Å². The fourth-order valence-corrected chi connectivity index (χ4v) is 2.28. The third kappa shape index (κ3) is 7.54. The molecular weight excluding hydrogens is 278 g/mol. The average Bonchev–Trinajstić information content (AvgIpc) is 2.09. The quantitative estimate of drug-likeness (QED) is 0.366. The fraction of sp³-hybridized carbons (Fsp3) is 0.500. The van der Waals surface area contributed by atoms with Crippen molar-refractivity contribution in [3.8, 4) is 0 Å². The summed E-state index contributed by atoms with van der Waals surface area (Å²) in [5.41, 5.74) is -0.00946. The van der Waals surface area contributed by atoms with E-state index < -0.39 is 34.1 Å². The zero-order chi connectivity index (χ0) is 13.9. The molecule has 0 radical (unpaired) electrons. The lowest BCUT2D eigenvalue weighted by molar-refractivity contribution is -0.124. The molecule has 11 heteroatoms. The van der Waals surface area contributed by atoms with E-state index in [1.165, 1.54) is 6.92 Å². The zero-order valence-corrected chi connectivity index (χ0v) is 10.5. The lowest BCUT2D eigenvalue weighted by Gasteiger charge is -2.14. The Hall–Kier alpha value is -0.370. The molecule has 100 valence electrons. The normalized spacial score (nSPS) is 17.2. The van der Waals surface area contributed by atoms with Crippen LogP contribution in [0.4, 0.5) is 0 Å². The standard InChI is InChI=1S/C6H12O9P2/c1-4(2)6(8)5(7)3-14-17(12,13)15-16(9,10)11/h5,7H,1,3H2,2H3,(H,12,13)(H2,9,10,11). The van der Waals surface area contributed by atoms with Gasteiger partial charge in [0.15, 0.2) is 5.78 Å². The van der Waals surface area contributed by atoms with Crippen molar-refractivity contribution < 1.29 is 42.5 Å². The van der Waals surface area contributed by atoms with E-state index in [0.29, 0.717) is 0 Å². The first-order valence-electron chi connectivity index (χ1n) is 4.06. The molecule has 0 rings (SSSR count). The summed E-state index contributed by atoms with van der Waals surface area (Å²) in [5, 5.41) is 9.13. The minimum Gasteiger partial charge on any atom is -0.382 e. The highest BCUT2D eigenvalue weighted by molar-refractivity contribution is 7.60. The van der Waals surface area contributed by atoms with Crippen LogP contribution in [0, 0.1) is 0 Å². The molecule has 0 aliphatic heterocycles. The van der Waals surface area contributed by atoms with Gasteiger partial charge in [0.05, 0.1) is 6.61 Å². The van der Waals surface area contributed by atoms with Crippen LogP contribution >= 0.6 is 15.6 Å². The number of carbonyl (C=O) groups is 1. The fourth-order valence-electron chi connectivity index (χ4n) is 0.683. The molecule has 0 fully saturated rings. The van der Waals surface area contributed by atoms with E-state index in [9.17, 15) is 13.9 Å². The Labute approximate surface area is 96.5 Å². The molecule has 0 heterocycles. The average molecular weight is 290 g/mol. The van der Waals surface area contributed by atoms with Crippen molar-refractivity contribution in [3.63, 3.8) is 0 Å². The smallest absolute Gasteiger partial charge is 0.382 e. The summed E-state index contributed by atoms with van der Waals surface area (Å²) in [4.78, 5) is 36.3. The van der Waals surface area contributed by atoms with E-state index in [-0.39, 0.29) is 5.57 Å². The van der Waals surface area contributed by atoms with Crippen molar-refractivity contribution in [1.82, 2.24) is 0 Å². The lowest BCUT2D eigenvalue weighted by atomic mass is 10.1.